The van der Waals surface area contributed by atoms with Crippen LogP contribution in [0.4, 0.5) is 0 Å². The number of hydrogen-bond acceptors (Lipinski definition) is 4. The Hall–Kier alpha value is -1.55. The molecule has 1 unspecified atom stereocenters. The maximum atomic E-state index is 5.09. The van der Waals surface area contributed by atoms with E-state index in [0.29, 0.717) is 0 Å². The van der Waals surface area contributed by atoms with Crippen molar-refractivity contribution in [1.82, 2.24) is 10.9 Å². The fraction of sp³-hybridized carbons (Fsp3) is 0.300. The van der Waals surface area contributed by atoms with E-state index in [1.54, 1.807) is 13.4 Å². The monoisotopic (exact) mass is 191 g/mol. The summed E-state index contributed by atoms with van der Waals surface area (Å²) < 4.78 is 5.09. The van der Waals surface area contributed by atoms with E-state index in [9.17, 15) is 0 Å². The van der Waals surface area contributed by atoms with Gasteiger partial charge in [0.2, 0.25) is 0 Å². The molecular weight excluding hydrogens is 178 g/mol. The molecule has 0 saturated carbocycles. The Balaban J connectivity index is 2.28. The molecule has 1 aliphatic heterocycles. The Morgan fingerprint density at radius 2 is 2.00 bits per heavy atom. The molecule has 0 aliphatic carbocycles. The van der Waals surface area contributed by atoms with Gasteiger partial charge in [-0.15, -0.1) is 0 Å². The lowest BCUT2D eigenvalue weighted by Crippen LogP contribution is -2.39. The maximum absolute atomic E-state index is 5.09. The minimum Gasteiger partial charge on any atom is -0.497 e. The molecule has 1 aliphatic rings. The molecular formula is C10H13N3O. The van der Waals surface area contributed by atoms with Gasteiger partial charge in [0, 0.05) is 0 Å². The van der Waals surface area contributed by atoms with Gasteiger partial charge >= 0.3 is 0 Å². The van der Waals surface area contributed by atoms with E-state index in [1.807, 2.05) is 31.2 Å². The summed E-state index contributed by atoms with van der Waals surface area (Å²) in [4.78, 5) is 4.31. The molecule has 1 heterocycles. The Morgan fingerprint density at radius 1 is 1.29 bits per heavy atom. The van der Waals surface area contributed by atoms with Crippen molar-refractivity contribution in [2.75, 3.05) is 7.11 Å². The molecule has 2 N–H and O–H groups in total. The quantitative estimate of drug-likeness (QED) is 0.733. The molecule has 0 fully saturated rings. The highest BCUT2D eigenvalue weighted by molar-refractivity contribution is 5.57. The lowest BCUT2D eigenvalue weighted by molar-refractivity contribution is 0.395. The van der Waals surface area contributed by atoms with Crippen LogP contribution in [0, 0.1) is 0 Å². The lowest BCUT2D eigenvalue weighted by Gasteiger charge is -2.21. The van der Waals surface area contributed by atoms with Crippen LogP contribution in [0.5, 0.6) is 5.75 Å². The fourth-order valence-corrected chi connectivity index (χ4v) is 1.43. The fourth-order valence-electron chi connectivity index (χ4n) is 1.43. The largest absolute Gasteiger partial charge is 0.497 e. The maximum Gasteiger partial charge on any atom is 0.151 e. The van der Waals surface area contributed by atoms with Crippen LogP contribution in [-0.2, 0) is 5.66 Å². The molecule has 2 rings (SSSR count). The third-order valence-corrected chi connectivity index (χ3v) is 2.35. The third-order valence-electron chi connectivity index (χ3n) is 2.35. The van der Waals surface area contributed by atoms with Gasteiger partial charge in [-0.05, 0) is 24.6 Å². The first kappa shape index (κ1) is 9.02. The van der Waals surface area contributed by atoms with Crippen molar-refractivity contribution in [2.45, 2.75) is 12.6 Å². The van der Waals surface area contributed by atoms with Crippen LogP contribution < -0.4 is 15.6 Å². The Morgan fingerprint density at radius 3 is 2.50 bits per heavy atom. The summed E-state index contributed by atoms with van der Waals surface area (Å²) in [6.07, 6.45) is 1.66. The van der Waals surface area contributed by atoms with Crippen LogP contribution in [0.2, 0.25) is 0 Å². The van der Waals surface area contributed by atoms with Crippen molar-refractivity contribution in [1.29, 1.82) is 0 Å². The van der Waals surface area contributed by atoms with Crippen LogP contribution >= 0.6 is 0 Å². The molecule has 0 amide bonds. The average molecular weight is 191 g/mol. The SMILES string of the molecule is COc1ccc(C2(C)N=CNN2)cc1. The summed E-state index contributed by atoms with van der Waals surface area (Å²) in [6.45, 7) is 2.01. The van der Waals surface area contributed by atoms with E-state index in [2.05, 4.69) is 15.8 Å². The van der Waals surface area contributed by atoms with Crippen LogP contribution in [0.1, 0.15) is 12.5 Å². The molecule has 14 heavy (non-hydrogen) atoms. The second-order valence-corrected chi connectivity index (χ2v) is 3.33. The molecule has 1 aromatic carbocycles. The minimum atomic E-state index is -0.369. The van der Waals surface area contributed by atoms with E-state index in [4.69, 9.17) is 4.74 Å². The van der Waals surface area contributed by atoms with Gasteiger partial charge in [-0.3, -0.25) is 0 Å². The summed E-state index contributed by atoms with van der Waals surface area (Å²) in [5.41, 5.74) is 6.67. The number of benzene rings is 1. The Kier molecular flexibility index (Phi) is 2.13. The van der Waals surface area contributed by atoms with Gasteiger partial charge in [0.15, 0.2) is 5.66 Å². The molecule has 0 aromatic heterocycles. The molecule has 0 saturated heterocycles. The first-order valence-electron chi connectivity index (χ1n) is 4.45. The van der Waals surface area contributed by atoms with E-state index in [-0.39, 0.29) is 5.66 Å². The van der Waals surface area contributed by atoms with E-state index >= 15 is 0 Å². The number of ether oxygens (including phenoxy) is 1. The lowest BCUT2D eigenvalue weighted by atomic mass is 10.0. The zero-order valence-electron chi connectivity index (χ0n) is 8.24. The highest BCUT2D eigenvalue weighted by Crippen LogP contribution is 2.24. The van der Waals surface area contributed by atoms with Gasteiger partial charge in [0.1, 0.15) is 5.75 Å². The zero-order chi connectivity index (χ0) is 10.0. The first-order valence-corrected chi connectivity index (χ1v) is 4.45. The normalized spacial score (nSPS) is 24.7. The van der Waals surface area contributed by atoms with E-state index in [1.165, 1.54) is 0 Å². The number of rotatable bonds is 2. The number of nitrogens with zero attached hydrogens (tertiary/aromatic N) is 1. The van der Waals surface area contributed by atoms with Gasteiger partial charge in [0.25, 0.3) is 0 Å². The zero-order valence-corrected chi connectivity index (χ0v) is 8.24. The van der Waals surface area contributed by atoms with Crippen LogP contribution in [0.3, 0.4) is 0 Å². The van der Waals surface area contributed by atoms with Gasteiger partial charge in [-0.2, -0.15) is 0 Å². The third kappa shape index (κ3) is 1.44. The first-order chi connectivity index (χ1) is 6.74. The van der Waals surface area contributed by atoms with Crippen molar-refractivity contribution < 1.29 is 4.74 Å². The number of nitrogens with one attached hydrogen (secondary N) is 2. The summed E-state index contributed by atoms with van der Waals surface area (Å²) >= 11 is 0. The summed E-state index contributed by atoms with van der Waals surface area (Å²) in [5, 5.41) is 0. The van der Waals surface area contributed by atoms with E-state index < -0.39 is 0 Å². The second-order valence-electron chi connectivity index (χ2n) is 3.33. The van der Waals surface area contributed by atoms with Crippen molar-refractivity contribution in [3.8, 4) is 5.75 Å². The topological polar surface area (TPSA) is 45.6 Å². The highest BCUT2D eigenvalue weighted by atomic mass is 16.5. The molecule has 1 aromatic rings. The Bertz CT molecular complexity index is 347. The van der Waals surface area contributed by atoms with E-state index in [0.717, 1.165) is 11.3 Å². The number of hydrogen-bond donors (Lipinski definition) is 2. The second kappa shape index (κ2) is 3.31. The van der Waals surface area contributed by atoms with Crippen molar-refractivity contribution in [3.05, 3.63) is 29.8 Å². The van der Waals surface area contributed by atoms with Crippen LogP contribution in [0.15, 0.2) is 29.3 Å². The van der Waals surface area contributed by atoms with Gasteiger partial charge in [0.05, 0.1) is 13.4 Å². The smallest absolute Gasteiger partial charge is 0.151 e. The predicted octanol–water partition coefficient (Wildman–Crippen LogP) is 1.00. The number of hydrazine groups is 1. The summed E-state index contributed by atoms with van der Waals surface area (Å²) in [6, 6.07) is 7.85. The highest BCUT2D eigenvalue weighted by Gasteiger charge is 2.27. The van der Waals surface area contributed by atoms with Gasteiger partial charge in [-0.1, -0.05) is 12.1 Å². The van der Waals surface area contributed by atoms with Crippen molar-refractivity contribution >= 4 is 6.34 Å². The average Bonchev–Trinajstić information content (AvgIpc) is 2.67. The van der Waals surface area contributed by atoms with Crippen LogP contribution in [-0.4, -0.2) is 13.4 Å². The van der Waals surface area contributed by atoms with Crippen molar-refractivity contribution in [3.63, 3.8) is 0 Å². The number of methoxy groups -OCH3 is 1. The summed E-state index contributed by atoms with van der Waals surface area (Å²) in [5.74, 6) is 0.854. The predicted molar refractivity (Wildman–Crippen MR) is 55.1 cm³/mol. The molecule has 1 atom stereocenters. The van der Waals surface area contributed by atoms with Gasteiger partial charge < -0.3 is 10.2 Å². The number of aliphatic imine (C=N–C) groups is 1. The molecule has 4 heteroatoms. The minimum absolute atomic E-state index is 0.369. The Labute approximate surface area is 83.0 Å². The molecule has 0 radical (unpaired) electrons. The summed E-state index contributed by atoms with van der Waals surface area (Å²) in [7, 11) is 1.66. The molecule has 0 spiro atoms. The standard InChI is InChI=1S/C10H13N3O/c1-10(11-7-12-13-10)8-3-5-9(14-2)6-4-8/h3-7,13H,1-2H3,(H,11,12). The van der Waals surface area contributed by atoms with Crippen LogP contribution in [0.25, 0.3) is 0 Å². The van der Waals surface area contributed by atoms with Crippen molar-refractivity contribution in [2.24, 2.45) is 4.99 Å². The molecule has 74 valence electrons. The molecule has 4 nitrogen and oxygen atoms in total. The molecule has 0 bridgehead atoms. The van der Waals surface area contributed by atoms with Gasteiger partial charge in [-0.25, -0.2) is 10.4 Å².